The molecular formula is C13H20O2. The molecule has 0 spiro atoms. The van der Waals surface area contributed by atoms with Crippen LogP contribution in [-0.2, 0) is 9.53 Å². The van der Waals surface area contributed by atoms with Gasteiger partial charge in [0.25, 0.3) is 0 Å². The van der Waals surface area contributed by atoms with Crippen LogP contribution < -0.4 is 0 Å². The summed E-state index contributed by atoms with van der Waals surface area (Å²) in [6, 6.07) is 0. The standard InChI is InChI=1S/C13H20O2/c1-13(2)12(14)11(7-15-13)10-6-8-3-4-9(10)5-8/h8-11H,3-7H2,1-2H3. The third kappa shape index (κ3) is 1.37. The van der Waals surface area contributed by atoms with E-state index in [1.54, 1.807) is 0 Å². The minimum absolute atomic E-state index is 0.218. The second-order valence-corrected chi connectivity index (χ2v) is 6.13. The van der Waals surface area contributed by atoms with Crippen LogP contribution in [0.25, 0.3) is 0 Å². The molecule has 2 bridgehead atoms. The maximum absolute atomic E-state index is 12.2. The number of hydrogen-bond acceptors (Lipinski definition) is 2. The Morgan fingerprint density at radius 1 is 1.27 bits per heavy atom. The van der Waals surface area contributed by atoms with Crippen LogP contribution in [0.2, 0.25) is 0 Å². The maximum atomic E-state index is 12.2. The normalized spacial score (nSPS) is 47.7. The van der Waals surface area contributed by atoms with Crippen molar-refractivity contribution in [2.24, 2.45) is 23.7 Å². The molecule has 3 aliphatic rings. The van der Waals surface area contributed by atoms with Crippen LogP contribution in [0.4, 0.5) is 0 Å². The minimum Gasteiger partial charge on any atom is -0.367 e. The van der Waals surface area contributed by atoms with Crippen LogP contribution in [0, 0.1) is 23.7 Å². The fourth-order valence-electron chi connectivity index (χ4n) is 4.00. The van der Waals surface area contributed by atoms with Gasteiger partial charge >= 0.3 is 0 Å². The van der Waals surface area contributed by atoms with E-state index in [-0.39, 0.29) is 5.92 Å². The molecule has 3 rings (SSSR count). The maximum Gasteiger partial charge on any atom is 0.169 e. The quantitative estimate of drug-likeness (QED) is 0.661. The van der Waals surface area contributed by atoms with Crippen molar-refractivity contribution in [3.05, 3.63) is 0 Å². The highest BCUT2D eigenvalue weighted by molar-refractivity contribution is 5.90. The number of fused-ring (bicyclic) bond motifs is 2. The largest absolute Gasteiger partial charge is 0.367 e. The van der Waals surface area contributed by atoms with Gasteiger partial charge in [-0.15, -0.1) is 0 Å². The monoisotopic (exact) mass is 208 g/mol. The highest BCUT2D eigenvalue weighted by Crippen LogP contribution is 2.52. The van der Waals surface area contributed by atoms with Gasteiger partial charge in [0.15, 0.2) is 5.78 Å². The van der Waals surface area contributed by atoms with Gasteiger partial charge in [0.1, 0.15) is 5.60 Å². The number of Topliss-reactive ketones (excluding diaryl/α,β-unsaturated/α-hetero) is 1. The molecule has 0 aromatic rings. The molecule has 3 fully saturated rings. The Labute approximate surface area is 91.4 Å². The lowest BCUT2D eigenvalue weighted by atomic mass is 9.76. The number of carbonyl (C=O) groups is 1. The predicted octanol–water partition coefficient (Wildman–Crippen LogP) is 2.42. The van der Waals surface area contributed by atoms with E-state index in [9.17, 15) is 4.79 Å². The number of carbonyl (C=O) groups excluding carboxylic acids is 1. The van der Waals surface area contributed by atoms with Crippen LogP contribution in [0.15, 0.2) is 0 Å². The summed E-state index contributed by atoms with van der Waals surface area (Å²) in [7, 11) is 0. The van der Waals surface area contributed by atoms with E-state index >= 15 is 0 Å². The van der Waals surface area contributed by atoms with E-state index in [0.717, 1.165) is 11.8 Å². The summed E-state index contributed by atoms with van der Waals surface area (Å²) in [5.41, 5.74) is -0.507. The molecule has 2 nitrogen and oxygen atoms in total. The Balaban J connectivity index is 1.77. The van der Waals surface area contributed by atoms with Gasteiger partial charge in [-0.1, -0.05) is 6.42 Å². The lowest BCUT2D eigenvalue weighted by Crippen LogP contribution is -2.34. The van der Waals surface area contributed by atoms with Crippen molar-refractivity contribution < 1.29 is 9.53 Å². The molecule has 4 unspecified atom stereocenters. The number of ether oxygens (including phenoxy) is 1. The summed E-state index contributed by atoms with van der Waals surface area (Å²) >= 11 is 0. The third-order valence-corrected chi connectivity index (χ3v) is 4.86. The smallest absolute Gasteiger partial charge is 0.169 e. The summed E-state index contributed by atoms with van der Waals surface area (Å²) < 4.78 is 5.64. The minimum atomic E-state index is -0.507. The van der Waals surface area contributed by atoms with Crippen LogP contribution in [0.1, 0.15) is 39.5 Å². The lowest BCUT2D eigenvalue weighted by molar-refractivity contribution is -0.131. The first-order valence-corrected chi connectivity index (χ1v) is 6.26. The Bertz CT molecular complexity index is 295. The summed E-state index contributed by atoms with van der Waals surface area (Å²) in [5, 5.41) is 0. The van der Waals surface area contributed by atoms with Crippen LogP contribution in [0.5, 0.6) is 0 Å². The van der Waals surface area contributed by atoms with Crippen molar-refractivity contribution in [3.63, 3.8) is 0 Å². The van der Waals surface area contributed by atoms with Gasteiger partial charge in [0.05, 0.1) is 6.61 Å². The van der Waals surface area contributed by atoms with E-state index in [1.165, 1.54) is 25.7 Å². The van der Waals surface area contributed by atoms with Crippen molar-refractivity contribution >= 4 is 5.78 Å². The molecule has 0 radical (unpaired) electrons. The molecule has 84 valence electrons. The summed E-state index contributed by atoms with van der Waals surface area (Å²) in [6.07, 6.45) is 5.45. The fourth-order valence-corrected chi connectivity index (χ4v) is 4.00. The van der Waals surface area contributed by atoms with Gasteiger partial charge in [-0.3, -0.25) is 4.79 Å². The fraction of sp³-hybridized carbons (Fsp3) is 0.923. The zero-order chi connectivity index (χ0) is 10.6. The molecule has 2 heteroatoms. The van der Waals surface area contributed by atoms with E-state index in [0.29, 0.717) is 18.3 Å². The Kier molecular flexibility index (Phi) is 2.01. The lowest BCUT2D eigenvalue weighted by Gasteiger charge is -2.26. The van der Waals surface area contributed by atoms with Crippen LogP contribution in [-0.4, -0.2) is 18.0 Å². The number of ketones is 1. The highest BCUT2D eigenvalue weighted by atomic mass is 16.5. The van der Waals surface area contributed by atoms with Crippen LogP contribution in [0.3, 0.4) is 0 Å². The molecule has 1 aliphatic heterocycles. The van der Waals surface area contributed by atoms with Gasteiger partial charge in [-0.25, -0.2) is 0 Å². The van der Waals surface area contributed by atoms with Crippen LogP contribution >= 0.6 is 0 Å². The molecule has 15 heavy (non-hydrogen) atoms. The zero-order valence-electron chi connectivity index (χ0n) is 9.66. The zero-order valence-corrected chi connectivity index (χ0v) is 9.66. The van der Waals surface area contributed by atoms with Gasteiger partial charge in [-0.2, -0.15) is 0 Å². The van der Waals surface area contributed by atoms with E-state index in [1.807, 2.05) is 13.8 Å². The predicted molar refractivity (Wildman–Crippen MR) is 57.5 cm³/mol. The molecule has 2 saturated carbocycles. The molecule has 2 aliphatic carbocycles. The van der Waals surface area contributed by atoms with E-state index in [4.69, 9.17) is 4.74 Å². The Morgan fingerprint density at radius 2 is 2.07 bits per heavy atom. The van der Waals surface area contributed by atoms with E-state index < -0.39 is 5.60 Å². The SMILES string of the molecule is CC1(C)OCC(C2CC3CCC2C3)C1=O. The molecule has 1 heterocycles. The van der Waals surface area contributed by atoms with Crippen molar-refractivity contribution in [1.82, 2.24) is 0 Å². The first kappa shape index (κ1) is 9.83. The molecular weight excluding hydrogens is 188 g/mol. The first-order chi connectivity index (χ1) is 7.08. The van der Waals surface area contributed by atoms with Gasteiger partial charge in [0.2, 0.25) is 0 Å². The molecule has 0 N–H and O–H groups in total. The topological polar surface area (TPSA) is 26.3 Å². The Hall–Kier alpha value is -0.370. The third-order valence-electron chi connectivity index (χ3n) is 4.86. The number of rotatable bonds is 1. The second kappa shape index (κ2) is 3.07. The van der Waals surface area contributed by atoms with Crippen molar-refractivity contribution in [1.29, 1.82) is 0 Å². The summed E-state index contributed by atoms with van der Waals surface area (Å²) in [6.45, 7) is 4.52. The average molecular weight is 208 g/mol. The van der Waals surface area contributed by atoms with Gasteiger partial charge < -0.3 is 4.74 Å². The van der Waals surface area contributed by atoms with Gasteiger partial charge in [0, 0.05) is 5.92 Å². The van der Waals surface area contributed by atoms with Crippen molar-refractivity contribution in [2.75, 3.05) is 6.61 Å². The van der Waals surface area contributed by atoms with Gasteiger partial charge in [-0.05, 0) is 50.9 Å². The summed E-state index contributed by atoms with van der Waals surface area (Å²) in [5.74, 6) is 2.99. The molecule has 4 atom stereocenters. The highest BCUT2D eigenvalue weighted by Gasteiger charge is 2.51. The molecule has 0 amide bonds. The van der Waals surface area contributed by atoms with Crippen molar-refractivity contribution in [3.8, 4) is 0 Å². The van der Waals surface area contributed by atoms with E-state index in [2.05, 4.69) is 0 Å². The molecule has 0 aromatic heterocycles. The van der Waals surface area contributed by atoms with Crippen molar-refractivity contribution in [2.45, 2.75) is 45.1 Å². The average Bonchev–Trinajstić information content (AvgIpc) is 2.83. The Morgan fingerprint density at radius 3 is 2.53 bits per heavy atom. The second-order valence-electron chi connectivity index (χ2n) is 6.13. The molecule has 0 aromatic carbocycles. The summed E-state index contributed by atoms with van der Waals surface area (Å²) in [4.78, 5) is 12.2. The first-order valence-electron chi connectivity index (χ1n) is 6.26. The molecule has 1 saturated heterocycles. The number of hydrogen-bond donors (Lipinski definition) is 0.